The van der Waals surface area contributed by atoms with Gasteiger partial charge in [0.1, 0.15) is 10.5 Å². The average Bonchev–Trinajstić information content (AvgIpc) is 2.79. The van der Waals surface area contributed by atoms with E-state index < -0.39 is 16.0 Å². The van der Waals surface area contributed by atoms with Crippen molar-refractivity contribution in [2.75, 3.05) is 0 Å². The summed E-state index contributed by atoms with van der Waals surface area (Å²) >= 11 is 0. The molecule has 5 heteroatoms. The zero-order valence-electron chi connectivity index (χ0n) is 10.2. The highest BCUT2D eigenvalue weighted by Gasteiger charge is 2.48. The molecule has 1 unspecified atom stereocenters. The Kier molecular flexibility index (Phi) is 4.20. The van der Waals surface area contributed by atoms with Gasteiger partial charge in [-0.05, 0) is 24.3 Å². The van der Waals surface area contributed by atoms with Crippen LogP contribution in [-0.2, 0) is 5.51 Å². The fourth-order valence-electron chi connectivity index (χ4n) is 2.16. The van der Waals surface area contributed by atoms with Gasteiger partial charge < -0.3 is 17.0 Å². The monoisotopic (exact) mass is 358 g/mol. The number of thiophene rings is 1. The third-order valence-corrected chi connectivity index (χ3v) is 5.00. The Balaban J connectivity index is 0.00000147. The lowest BCUT2D eigenvalue weighted by Crippen LogP contribution is -3.00. The van der Waals surface area contributed by atoms with Crippen molar-refractivity contribution in [3.8, 4) is 10.4 Å². The van der Waals surface area contributed by atoms with Gasteiger partial charge in [0.05, 0.1) is 0 Å². The second kappa shape index (κ2) is 5.58. The van der Waals surface area contributed by atoms with Crippen molar-refractivity contribution in [1.29, 1.82) is 0 Å². The van der Waals surface area contributed by atoms with Crippen LogP contribution in [0.25, 0.3) is 20.5 Å². The summed E-state index contributed by atoms with van der Waals surface area (Å²) in [6, 6.07) is 17.2. The number of alkyl halides is 3. The van der Waals surface area contributed by atoms with Crippen LogP contribution in [0.2, 0.25) is 0 Å². The van der Waals surface area contributed by atoms with E-state index in [2.05, 4.69) is 0 Å². The standard InChI is InChI=1S/C15H10F3S.BrH/c16-15(17,18)19-13-9-5-4-8-12(13)10-14(19)11-6-2-1-3-7-11;/h1-10H;1H/q+1;/p-1. The van der Waals surface area contributed by atoms with Crippen molar-refractivity contribution in [3.63, 3.8) is 0 Å². The van der Waals surface area contributed by atoms with Crippen LogP contribution in [-0.4, -0.2) is 0 Å². The van der Waals surface area contributed by atoms with Crippen molar-refractivity contribution in [1.82, 2.24) is 0 Å². The van der Waals surface area contributed by atoms with E-state index in [1.54, 1.807) is 60.7 Å². The van der Waals surface area contributed by atoms with E-state index in [9.17, 15) is 13.2 Å². The summed E-state index contributed by atoms with van der Waals surface area (Å²) in [5.74, 6) is 0. The molecule has 1 heterocycles. The lowest BCUT2D eigenvalue weighted by Gasteiger charge is -2.00. The molecule has 0 amide bonds. The summed E-state index contributed by atoms with van der Waals surface area (Å²) in [6.07, 6.45) is 0. The Bertz CT molecular complexity index is 717. The maximum absolute atomic E-state index is 13.3. The van der Waals surface area contributed by atoms with Gasteiger partial charge in [-0.2, -0.15) is 0 Å². The van der Waals surface area contributed by atoms with Crippen LogP contribution < -0.4 is 17.0 Å². The quantitative estimate of drug-likeness (QED) is 0.587. The molecule has 3 aromatic rings. The highest BCUT2D eigenvalue weighted by atomic mass is 79.9. The Labute approximate surface area is 127 Å². The molecule has 1 atom stereocenters. The fourth-order valence-corrected chi connectivity index (χ4v) is 4.09. The lowest BCUT2D eigenvalue weighted by atomic mass is 10.2. The molecule has 0 nitrogen and oxygen atoms in total. The first-order valence-corrected chi connectivity index (χ1v) is 6.97. The number of halogens is 4. The Morgan fingerprint density at radius 3 is 2.05 bits per heavy atom. The Hall–Kier alpha value is -1.33. The first-order valence-electron chi connectivity index (χ1n) is 5.74. The summed E-state index contributed by atoms with van der Waals surface area (Å²) in [7, 11) is -1.85. The molecule has 3 rings (SSSR count). The van der Waals surface area contributed by atoms with Gasteiger partial charge in [-0.15, -0.1) is 13.2 Å². The van der Waals surface area contributed by atoms with Crippen LogP contribution in [0, 0.1) is 0 Å². The van der Waals surface area contributed by atoms with Gasteiger partial charge in [-0.3, -0.25) is 0 Å². The van der Waals surface area contributed by atoms with Crippen molar-refractivity contribution in [2.24, 2.45) is 0 Å². The predicted molar refractivity (Wildman–Crippen MR) is 73.2 cm³/mol. The van der Waals surface area contributed by atoms with Crippen LogP contribution >= 0.6 is 10.5 Å². The van der Waals surface area contributed by atoms with E-state index in [0.29, 0.717) is 20.5 Å². The maximum Gasteiger partial charge on any atom is 0.601 e. The van der Waals surface area contributed by atoms with Gasteiger partial charge in [0.15, 0.2) is 9.58 Å². The third kappa shape index (κ3) is 2.60. The molecule has 1 aromatic heterocycles. The minimum absolute atomic E-state index is 0. The Morgan fingerprint density at radius 2 is 1.40 bits per heavy atom. The number of hydrogen-bond donors (Lipinski definition) is 0. The number of fused-ring (bicyclic) bond motifs is 1. The average molecular weight is 359 g/mol. The number of hydrogen-bond acceptors (Lipinski definition) is 0. The van der Waals surface area contributed by atoms with Crippen LogP contribution in [0.15, 0.2) is 60.7 Å². The van der Waals surface area contributed by atoms with E-state index in [-0.39, 0.29) is 17.0 Å². The maximum atomic E-state index is 13.3. The molecule has 0 aliphatic heterocycles. The third-order valence-electron chi connectivity index (χ3n) is 2.94. The summed E-state index contributed by atoms with van der Waals surface area (Å²) in [4.78, 5) is 0.356. The molecule has 2 aromatic carbocycles. The zero-order valence-corrected chi connectivity index (χ0v) is 12.6. The number of rotatable bonds is 1. The lowest BCUT2D eigenvalue weighted by molar-refractivity contribution is -0.0864. The molecule has 0 radical (unpaired) electrons. The van der Waals surface area contributed by atoms with Crippen molar-refractivity contribution in [2.45, 2.75) is 5.51 Å². The van der Waals surface area contributed by atoms with Gasteiger partial charge in [0, 0.05) is 17.0 Å². The van der Waals surface area contributed by atoms with E-state index in [0.717, 1.165) is 0 Å². The van der Waals surface area contributed by atoms with Gasteiger partial charge in [-0.25, -0.2) is 0 Å². The first kappa shape index (κ1) is 15.1. The summed E-state index contributed by atoms with van der Waals surface area (Å²) in [5, 5.41) is 0.669. The predicted octanol–water partition coefficient (Wildman–Crippen LogP) is 2.74. The van der Waals surface area contributed by atoms with E-state index in [1.165, 1.54) is 0 Å². The smallest absolute Gasteiger partial charge is 0.601 e. The highest BCUT2D eigenvalue weighted by Crippen LogP contribution is 2.54. The molecule has 0 bridgehead atoms. The molecule has 0 saturated carbocycles. The van der Waals surface area contributed by atoms with Crippen molar-refractivity contribution >= 4 is 20.6 Å². The zero-order chi connectivity index (χ0) is 13.5. The van der Waals surface area contributed by atoms with Crippen LogP contribution in [0.3, 0.4) is 0 Å². The molecule has 104 valence electrons. The molecular weight excluding hydrogens is 349 g/mol. The molecule has 0 fully saturated rings. The van der Waals surface area contributed by atoms with Gasteiger partial charge in [0.2, 0.25) is 0 Å². The summed E-state index contributed by atoms with van der Waals surface area (Å²) in [6.45, 7) is 0. The van der Waals surface area contributed by atoms with E-state index >= 15 is 0 Å². The molecule has 0 spiro atoms. The Morgan fingerprint density at radius 1 is 0.800 bits per heavy atom. The van der Waals surface area contributed by atoms with Crippen molar-refractivity contribution < 1.29 is 30.2 Å². The SMILES string of the molecule is FC(F)(F)[s+]1c(-c2ccccc2)cc2ccccc21.[Br-]. The van der Waals surface area contributed by atoms with Gasteiger partial charge >= 0.3 is 5.51 Å². The molecule has 0 aliphatic carbocycles. The first-order chi connectivity index (χ1) is 9.07. The number of benzene rings is 2. The largest absolute Gasteiger partial charge is 1.00 e. The molecule has 20 heavy (non-hydrogen) atoms. The van der Waals surface area contributed by atoms with Gasteiger partial charge in [-0.1, -0.05) is 30.3 Å². The second-order valence-corrected chi connectivity index (χ2v) is 6.12. The molecule has 0 saturated heterocycles. The summed E-state index contributed by atoms with van der Waals surface area (Å²) in [5.41, 5.74) is -3.60. The molecular formula is C15H10BrF3S. The normalized spacial score (nSPS) is 12.2. The van der Waals surface area contributed by atoms with Crippen LogP contribution in [0.1, 0.15) is 0 Å². The van der Waals surface area contributed by atoms with E-state index in [1.807, 2.05) is 0 Å². The molecule has 0 aliphatic rings. The van der Waals surface area contributed by atoms with Crippen molar-refractivity contribution in [3.05, 3.63) is 60.7 Å². The fraction of sp³-hybridized carbons (Fsp3) is 0.0667. The minimum Gasteiger partial charge on any atom is -1.00 e. The van der Waals surface area contributed by atoms with Gasteiger partial charge in [0.25, 0.3) is 0 Å². The topological polar surface area (TPSA) is 0 Å². The highest BCUT2D eigenvalue weighted by molar-refractivity contribution is 7.41. The minimum atomic E-state index is -4.24. The van der Waals surface area contributed by atoms with Crippen LogP contribution in [0.5, 0.6) is 0 Å². The second-order valence-electron chi connectivity index (χ2n) is 4.16. The van der Waals surface area contributed by atoms with E-state index in [4.69, 9.17) is 0 Å². The summed E-state index contributed by atoms with van der Waals surface area (Å²) < 4.78 is 40.4. The molecule has 0 N–H and O–H groups in total. The van der Waals surface area contributed by atoms with Crippen LogP contribution in [0.4, 0.5) is 13.2 Å².